The van der Waals surface area contributed by atoms with Gasteiger partial charge in [0, 0.05) is 5.56 Å². The number of fused-ring (bicyclic) bond motifs is 1. The quantitative estimate of drug-likeness (QED) is 0.671. The first-order chi connectivity index (χ1) is 11.1. The van der Waals surface area contributed by atoms with Crippen LogP contribution in [0.5, 0.6) is 17.2 Å². The van der Waals surface area contributed by atoms with Crippen molar-refractivity contribution in [3.63, 3.8) is 0 Å². The lowest BCUT2D eigenvalue weighted by atomic mass is 10.1. The Morgan fingerprint density at radius 1 is 1.30 bits per heavy atom. The third-order valence-electron chi connectivity index (χ3n) is 3.37. The summed E-state index contributed by atoms with van der Waals surface area (Å²) < 4.78 is 11.1. The van der Waals surface area contributed by atoms with Crippen LogP contribution in [0.25, 0.3) is 0 Å². The topological polar surface area (TPSA) is 80.2 Å². The number of phenols is 1. The van der Waals surface area contributed by atoms with Crippen LogP contribution in [0.4, 0.5) is 0 Å². The van der Waals surface area contributed by atoms with Gasteiger partial charge in [-0.15, -0.1) is 0 Å². The zero-order valence-electron chi connectivity index (χ0n) is 12.5. The minimum atomic E-state index is -0.770. The summed E-state index contributed by atoms with van der Waals surface area (Å²) in [5.41, 5.74) is 3.84. The van der Waals surface area contributed by atoms with Gasteiger partial charge in [0.25, 0.3) is 5.91 Å². The number of hydrazone groups is 1. The highest BCUT2D eigenvalue weighted by Gasteiger charge is 2.26. The largest absolute Gasteiger partial charge is 0.507 e. The summed E-state index contributed by atoms with van der Waals surface area (Å²) in [7, 11) is 0. The van der Waals surface area contributed by atoms with Crippen molar-refractivity contribution in [3.8, 4) is 17.2 Å². The predicted molar refractivity (Wildman–Crippen MR) is 84.9 cm³/mol. The summed E-state index contributed by atoms with van der Waals surface area (Å²) in [5.74, 6) is 0.834. The second-order valence-electron chi connectivity index (χ2n) is 5.16. The molecule has 2 aromatic carbocycles. The molecule has 0 unspecified atom stereocenters. The number of aromatic hydroxyl groups is 1. The van der Waals surface area contributed by atoms with Crippen LogP contribution in [-0.4, -0.2) is 29.9 Å². The molecular formula is C17H16N2O4. The molecule has 0 radical (unpaired) electrons. The molecule has 1 aliphatic heterocycles. The second kappa shape index (κ2) is 6.39. The van der Waals surface area contributed by atoms with E-state index < -0.39 is 12.0 Å². The summed E-state index contributed by atoms with van der Waals surface area (Å²) in [6.45, 7) is 1.99. The summed E-state index contributed by atoms with van der Waals surface area (Å²) in [6, 6.07) is 12.3. The maximum Gasteiger partial charge on any atom is 0.284 e. The van der Waals surface area contributed by atoms with Crippen LogP contribution in [0, 0.1) is 6.92 Å². The molecular weight excluding hydrogens is 296 g/mol. The van der Waals surface area contributed by atoms with E-state index in [1.165, 1.54) is 6.21 Å². The van der Waals surface area contributed by atoms with Crippen LogP contribution < -0.4 is 14.9 Å². The number of rotatable bonds is 3. The molecule has 0 fully saturated rings. The molecule has 2 N–H and O–H groups in total. The summed E-state index contributed by atoms with van der Waals surface area (Å²) in [6.07, 6.45) is 0.610. The molecule has 0 saturated heterocycles. The number of ether oxygens (including phenoxy) is 2. The average molecular weight is 312 g/mol. The molecule has 1 atom stereocenters. The van der Waals surface area contributed by atoms with Crippen LogP contribution in [0.2, 0.25) is 0 Å². The minimum Gasteiger partial charge on any atom is -0.507 e. The monoisotopic (exact) mass is 312 g/mol. The number of carbonyl (C=O) groups excluding carboxylic acids is 1. The number of benzene rings is 2. The van der Waals surface area contributed by atoms with Crippen LogP contribution in [0.1, 0.15) is 11.1 Å². The van der Waals surface area contributed by atoms with Gasteiger partial charge >= 0.3 is 0 Å². The number of para-hydroxylation sites is 2. The first kappa shape index (κ1) is 14.9. The Kier molecular flexibility index (Phi) is 4.14. The molecule has 2 aromatic rings. The highest BCUT2D eigenvalue weighted by atomic mass is 16.6. The van der Waals surface area contributed by atoms with Crippen molar-refractivity contribution < 1.29 is 19.4 Å². The van der Waals surface area contributed by atoms with Gasteiger partial charge in [0.15, 0.2) is 11.5 Å². The van der Waals surface area contributed by atoms with E-state index in [1.54, 1.807) is 30.3 Å². The van der Waals surface area contributed by atoms with E-state index in [1.807, 2.05) is 19.1 Å². The van der Waals surface area contributed by atoms with Gasteiger partial charge in [-0.2, -0.15) is 5.10 Å². The predicted octanol–water partition coefficient (Wildman–Crippen LogP) is 1.99. The highest BCUT2D eigenvalue weighted by molar-refractivity contribution is 5.86. The molecule has 0 spiro atoms. The average Bonchev–Trinajstić information content (AvgIpc) is 2.56. The highest BCUT2D eigenvalue weighted by Crippen LogP contribution is 2.30. The van der Waals surface area contributed by atoms with E-state index in [0.29, 0.717) is 17.1 Å². The van der Waals surface area contributed by atoms with E-state index >= 15 is 0 Å². The van der Waals surface area contributed by atoms with Gasteiger partial charge in [-0.05, 0) is 36.8 Å². The molecule has 0 aromatic heterocycles. The summed E-state index contributed by atoms with van der Waals surface area (Å²) in [5, 5.41) is 13.6. The van der Waals surface area contributed by atoms with E-state index in [-0.39, 0.29) is 12.4 Å². The van der Waals surface area contributed by atoms with Crippen LogP contribution >= 0.6 is 0 Å². The fraction of sp³-hybridized carbons (Fsp3) is 0.176. The minimum absolute atomic E-state index is 0.106. The van der Waals surface area contributed by atoms with Crippen molar-refractivity contribution in [2.24, 2.45) is 5.10 Å². The van der Waals surface area contributed by atoms with Crippen LogP contribution in [0.3, 0.4) is 0 Å². The number of phenolic OH excluding ortho intramolecular Hbond substituents is 1. The number of nitrogens with one attached hydrogen (secondary N) is 1. The van der Waals surface area contributed by atoms with Crippen LogP contribution in [0.15, 0.2) is 47.6 Å². The van der Waals surface area contributed by atoms with Crippen molar-refractivity contribution in [2.75, 3.05) is 6.61 Å². The van der Waals surface area contributed by atoms with Crippen molar-refractivity contribution in [2.45, 2.75) is 13.0 Å². The van der Waals surface area contributed by atoms with E-state index in [0.717, 1.165) is 5.56 Å². The van der Waals surface area contributed by atoms with Crippen molar-refractivity contribution in [1.29, 1.82) is 0 Å². The Balaban J connectivity index is 1.61. The first-order valence-electron chi connectivity index (χ1n) is 7.14. The summed E-state index contributed by atoms with van der Waals surface area (Å²) >= 11 is 0. The number of hydrogen-bond acceptors (Lipinski definition) is 5. The van der Waals surface area contributed by atoms with Crippen molar-refractivity contribution >= 4 is 12.1 Å². The van der Waals surface area contributed by atoms with Crippen molar-refractivity contribution in [3.05, 3.63) is 53.6 Å². The van der Waals surface area contributed by atoms with Crippen molar-refractivity contribution in [1.82, 2.24) is 5.43 Å². The molecule has 0 saturated carbocycles. The van der Waals surface area contributed by atoms with E-state index in [4.69, 9.17) is 9.47 Å². The lowest BCUT2D eigenvalue weighted by Gasteiger charge is -2.24. The number of carbonyl (C=O) groups is 1. The Labute approximate surface area is 133 Å². The number of aryl methyl sites for hydroxylation is 1. The van der Waals surface area contributed by atoms with Gasteiger partial charge in [-0.25, -0.2) is 5.43 Å². The Hall–Kier alpha value is -3.02. The lowest BCUT2D eigenvalue weighted by molar-refractivity contribution is -0.130. The molecule has 1 aliphatic rings. The second-order valence-corrected chi connectivity index (χ2v) is 5.16. The smallest absolute Gasteiger partial charge is 0.284 e. The Bertz CT molecular complexity index is 758. The van der Waals surface area contributed by atoms with Gasteiger partial charge in [0.1, 0.15) is 12.4 Å². The third-order valence-corrected chi connectivity index (χ3v) is 3.37. The molecule has 0 aliphatic carbocycles. The molecule has 6 nitrogen and oxygen atoms in total. The van der Waals surface area contributed by atoms with Crippen LogP contribution in [-0.2, 0) is 4.79 Å². The maximum absolute atomic E-state index is 12.0. The fourth-order valence-electron chi connectivity index (χ4n) is 2.15. The molecule has 0 bridgehead atoms. The molecule has 118 valence electrons. The number of nitrogens with zero attached hydrogens (tertiary/aromatic N) is 1. The SMILES string of the molecule is Cc1ccc(/C=N/NC(=O)[C@H]2COc3ccccc3O2)c(O)c1. The Morgan fingerprint density at radius 3 is 2.87 bits per heavy atom. The Morgan fingerprint density at radius 2 is 2.09 bits per heavy atom. The van der Waals surface area contributed by atoms with E-state index in [2.05, 4.69) is 10.5 Å². The standard InChI is InChI=1S/C17H16N2O4/c1-11-6-7-12(13(20)8-11)9-18-19-17(21)16-10-22-14-4-2-3-5-15(14)23-16/h2-9,16,20H,10H2,1H3,(H,19,21)/b18-9+/t16-/m1/s1. The van der Waals surface area contributed by atoms with Gasteiger partial charge in [0.2, 0.25) is 6.10 Å². The summed E-state index contributed by atoms with van der Waals surface area (Å²) in [4.78, 5) is 12.0. The number of amides is 1. The molecule has 3 rings (SSSR count). The van der Waals surface area contributed by atoms with Gasteiger partial charge in [-0.1, -0.05) is 18.2 Å². The normalized spacial score (nSPS) is 16.3. The van der Waals surface area contributed by atoms with E-state index in [9.17, 15) is 9.90 Å². The molecule has 1 heterocycles. The number of hydrogen-bond donors (Lipinski definition) is 2. The zero-order valence-corrected chi connectivity index (χ0v) is 12.5. The first-order valence-corrected chi connectivity index (χ1v) is 7.14. The third kappa shape index (κ3) is 3.42. The van der Waals surface area contributed by atoms with Gasteiger partial charge < -0.3 is 14.6 Å². The molecule has 1 amide bonds. The van der Waals surface area contributed by atoms with Gasteiger partial charge in [0.05, 0.1) is 6.21 Å². The fourth-order valence-corrected chi connectivity index (χ4v) is 2.15. The molecule has 6 heteroatoms. The zero-order chi connectivity index (χ0) is 16.2. The maximum atomic E-state index is 12.0. The lowest BCUT2D eigenvalue weighted by Crippen LogP contribution is -2.42. The molecule has 23 heavy (non-hydrogen) atoms. The van der Waals surface area contributed by atoms with Gasteiger partial charge in [-0.3, -0.25) is 4.79 Å².